The molecular weight excluding hydrogens is 340 g/mol. The van der Waals surface area contributed by atoms with Crippen LogP contribution in [0.4, 0.5) is 5.69 Å². The van der Waals surface area contributed by atoms with Gasteiger partial charge in [-0.25, -0.2) is 18.4 Å². The van der Waals surface area contributed by atoms with Gasteiger partial charge in [0.25, 0.3) is 5.91 Å². The molecule has 23 heavy (non-hydrogen) atoms. The van der Waals surface area contributed by atoms with E-state index in [-0.39, 0.29) is 10.6 Å². The molecule has 1 amide bonds. The summed E-state index contributed by atoms with van der Waals surface area (Å²) >= 11 is 1.21. The summed E-state index contributed by atoms with van der Waals surface area (Å²) in [6.07, 6.45) is -1.04. The Morgan fingerprint density at radius 3 is 2.61 bits per heavy atom. The fourth-order valence-corrected chi connectivity index (χ4v) is 2.83. The monoisotopic (exact) mass is 354 g/mol. The molecule has 0 radical (unpaired) electrons. The fourth-order valence-electron chi connectivity index (χ4n) is 1.66. The highest BCUT2D eigenvalue weighted by Crippen LogP contribution is 2.15. The molecule has 1 aromatic heterocycles. The quantitative estimate of drug-likeness (QED) is 0.791. The van der Waals surface area contributed by atoms with E-state index in [0.717, 1.165) is 0 Å². The number of hydrogen-bond donors (Lipinski definition) is 2. The maximum absolute atomic E-state index is 12.0. The zero-order valence-corrected chi connectivity index (χ0v) is 13.7. The van der Waals surface area contributed by atoms with Crippen molar-refractivity contribution in [2.24, 2.45) is 5.14 Å². The number of ether oxygens (including phenoxy) is 1. The Kier molecular flexibility index (Phi) is 5.14. The summed E-state index contributed by atoms with van der Waals surface area (Å²) in [7, 11) is -3.87. The normalized spacial score (nSPS) is 12.4. The summed E-state index contributed by atoms with van der Waals surface area (Å²) in [4.78, 5) is 24.0. The van der Waals surface area contributed by atoms with E-state index in [4.69, 9.17) is 9.88 Å². The highest BCUT2D eigenvalue weighted by molar-refractivity contribution is 7.89. The second-order valence-corrected chi connectivity index (χ2v) is 7.10. The second-order valence-electron chi connectivity index (χ2n) is 4.59. The summed E-state index contributed by atoms with van der Waals surface area (Å²) in [6, 6.07) is 8.77. The Balaban J connectivity index is 2.03. The minimum absolute atomic E-state index is 0.126. The predicted octanol–water partition coefficient (Wildman–Crippen LogP) is 1.58. The summed E-state index contributed by atoms with van der Waals surface area (Å²) in [6.45, 7) is 1.42. The summed E-state index contributed by atoms with van der Waals surface area (Å²) in [5.41, 5.74) is 0.237. The largest absolute Gasteiger partial charge is 0.448 e. The van der Waals surface area contributed by atoms with E-state index in [1.54, 1.807) is 17.5 Å². The summed E-state index contributed by atoms with van der Waals surface area (Å²) < 4.78 is 27.6. The first-order chi connectivity index (χ1) is 10.8. The standard InChI is InChI=1S/C14H14N2O5S2/c1-9(21-14(18)12-6-3-7-22-12)13(17)16-10-4-2-5-11(8-10)23(15,19)20/h2-9H,1H3,(H,16,17)(H2,15,19,20). The molecule has 3 N–H and O–H groups in total. The highest BCUT2D eigenvalue weighted by atomic mass is 32.2. The second kappa shape index (κ2) is 6.90. The topological polar surface area (TPSA) is 116 Å². The molecule has 0 aliphatic carbocycles. The van der Waals surface area contributed by atoms with E-state index in [0.29, 0.717) is 4.88 Å². The van der Waals surface area contributed by atoms with Gasteiger partial charge in [0, 0.05) is 5.69 Å². The van der Waals surface area contributed by atoms with Crippen LogP contribution in [0.15, 0.2) is 46.7 Å². The number of hydrogen-bond acceptors (Lipinski definition) is 6. The Bertz CT molecular complexity index is 815. The molecule has 0 fully saturated rings. The van der Waals surface area contributed by atoms with Crippen molar-refractivity contribution in [1.29, 1.82) is 0 Å². The van der Waals surface area contributed by atoms with Crippen molar-refractivity contribution in [2.45, 2.75) is 17.9 Å². The minimum Gasteiger partial charge on any atom is -0.448 e. The zero-order chi connectivity index (χ0) is 17.0. The first kappa shape index (κ1) is 17.1. The van der Waals surface area contributed by atoms with Gasteiger partial charge in [0.15, 0.2) is 6.10 Å². The predicted molar refractivity (Wildman–Crippen MR) is 85.6 cm³/mol. The number of amides is 1. The molecule has 0 saturated heterocycles. The van der Waals surface area contributed by atoms with E-state index < -0.39 is 28.0 Å². The van der Waals surface area contributed by atoms with Gasteiger partial charge in [-0.05, 0) is 36.6 Å². The molecule has 122 valence electrons. The van der Waals surface area contributed by atoms with Crippen molar-refractivity contribution in [1.82, 2.24) is 0 Å². The van der Waals surface area contributed by atoms with Crippen LogP contribution in [0.2, 0.25) is 0 Å². The van der Waals surface area contributed by atoms with Crippen molar-refractivity contribution in [2.75, 3.05) is 5.32 Å². The smallest absolute Gasteiger partial charge is 0.349 e. The first-order valence-corrected chi connectivity index (χ1v) is 8.88. The summed E-state index contributed by atoms with van der Waals surface area (Å²) in [5, 5.41) is 9.22. The third kappa shape index (κ3) is 4.62. The highest BCUT2D eigenvalue weighted by Gasteiger charge is 2.20. The number of esters is 1. The molecule has 0 bridgehead atoms. The molecule has 0 spiro atoms. The van der Waals surface area contributed by atoms with Crippen LogP contribution in [-0.2, 0) is 19.6 Å². The number of anilines is 1. The van der Waals surface area contributed by atoms with Crippen LogP contribution < -0.4 is 10.5 Å². The van der Waals surface area contributed by atoms with Gasteiger partial charge < -0.3 is 10.1 Å². The average molecular weight is 354 g/mol. The molecule has 1 atom stereocenters. The lowest BCUT2D eigenvalue weighted by Crippen LogP contribution is -2.29. The third-order valence-corrected chi connectivity index (χ3v) is 4.57. The molecule has 1 unspecified atom stereocenters. The number of nitrogens with one attached hydrogen (secondary N) is 1. The lowest BCUT2D eigenvalue weighted by Gasteiger charge is -2.13. The number of thiophene rings is 1. The van der Waals surface area contributed by atoms with Gasteiger partial charge in [-0.2, -0.15) is 0 Å². The average Bonchev–Trinajstić information content (AvgIpc) is 3.00. The van der Waals surface area contributed by atoms with Crippen LogP contribution in [-0.4, -0.2) is 26.4 Å². The van der Waals surface area contributed by atoms with Crippen LogP contribution in [0.5, 0.6) is 0 Å². The molecular formula is C14H14N2O5S2. The number of rotatable bonds is 5. The molecule has 1 aromatic carbocycles. The van der Waals surface area contributed by atoms with E-state index in [2.05, 4.69) is 5.32 Å². The number of carbonyl (C=O) groups excluding carboxylic acids is 2. The molecule has 9 heteroatoms. The molecule has 2 aromatic rings. The number of nitrogens with two attached hydrogens (primary N) is 1. The van der Waals surface area contributed by atoms with Crippen molar-refractivity contribution < 1.29 is 22.7 Å². The van der Waals surface area contributed by atoms with Crippen LogP contribution in [0.25, 0.3) is 0 Å². The van der Waals surface area contributed by atoms with Crippen LogP contribution >= 0.6 is 11.3 Å². The molecule has 0 aliphatic heterocycles. The van der Waals surface area contributed by atoms with Gasteiger partial charge in [0.2, 0.25) is 10.0 Å². The van der Waals surface area contributed by atoms with Crippen molar-refractivity contribution in [3.63, 3.8) is 0 Å². The first-order valence-electron chi connectivity index (χ1n) is 6.45. The molecule has 2 rings (SSSR count). The Morgan fingerprint density at radius 1 is 1.26 bits per heavy atom. The van der Waals surface area contributed by atoms with Gasteiger partial charge in [-0.15, -0.1) is 11.3 Å². The van der Waals surface area contributed by atoms with E-state index in [1.807, 2.05) is 0 Å². The number of carbonyl (C=O) groups is 2. The fraction of sp³-hybridized carbons (Fsp3) is 0.143. The van der Waals surface area contributed by atoms with E-state index >= 15 is 0 Å². The van der Waals surface area contributed by atoms with Crippen LogP contribution in [0, 0.1) is 0 Å². The number of primary sulfonamides is 1. The SMILES string of the molecule is CC(OC(=O)c1cccs1)C(=O)Nc1cccc(S(N)(=O)=O)c1. The zero-order valence-electron chi connectivity index (χ0n) is 12.1. The lowest BCUT2D eigenvalue weighted by molar-refractivity contribution is -0.123. The maximum Gasteiger partial charge on any atom is 0.349 e. The van der Waals surface area contributed by atoms with Gasteiger partial charge >= 0.3 is 5.97 Å². The molecule has 0 saturated carbocycles. The molecule has 1 heterocycles. The van der Waals surface area contributed by atoms with Gasteiger partial charge in [-0.3, -0.25) is 4.79 Å². The lowest BCUT2D eigenvalue weighted by atomic mass is 10.3. The maximum atomic E-state index is 12.0. The van der Waals surface area contributed by atoms with Crippen molar-refractivity contribution >= 4 is 38.9 Å². The summed E-state index contributed by atoms with van der Waals surface area (Å²) in [5.74, 6) is -1.18. The molecule has 0 aliphatic rings. The van der Waals surface area contributed by atoms with E-state index in [1.165, 1.54) is 42.5 Å². The van der Waals surface area contributed by atoms with Gasteiger partial charge in [0.05, 0.1) is 4.90 Å². The Labute approximate surface area is 137 Å². The van der Waals surface area contributed by atoms with Gasteiger partial charge in [-0.1, -0.05) is 12.1 Å². The van der Waals surface area contributed by atoms with Gasteiger partial charge in [0.1, 0.15) is 4.88 Å². The van der Waals surface area contributed by atoms with Crippen molar-refractivity contribution in [3.8, 4) is 0 Å². The Hall–Kier alpha value is -2.23. The number of benzene rings is 1. The Morgan fingerprint density at radius 2 is 2.00 bits per heavy atom. The van der Waals surface area contributed by atoms with Crippen molar-refractivity contribution in [3.05, 3.63) is 46.7 Å². The third-order valence-electron chi connectivity index (χ3n) is 2.81. The number of sulfonamides is 1. The molecule has 7 nitrogen and oxygen atoms in total. The van der Waals surface area contributed by atoms with Crippen LogP contribution in [0.1, 0.15) is 16.6 Å². The minimum atomic E-state index is -3.87. The van der Waals surface area contributed by atoms with E-state index in [9.17, 15) is 18.0 Å². The van der Waals surface area contributed by atoms with Crippen LogP contribution in [0.3, 0.4) is 0 Å².